The van der Waals surface area contributed by atoms with Gasteiger partial charge in [0.25, 0.3) is 0 Å². The first-order chi connectivity index (χ1) is 17.3. The van der Waals surface area contributed by atoms with Gasteiger partial charge in [0.2, 0.25) is 0 Å². The number of ether oxygens (including phenoxy) is 2. The van der Waals surface area contributed by atoms with Gasteiger partial charge in [-0.15, -0.1) is 0 Å². The van der Waals surface area contributed by atoms with Gasteiger partial charge in [-0.3, -0.25) is 4.57 Å². The van der Waals surface area contributed by atoms with Crippen LogP contribution in [-0.2, 0) is 6.54 Å². The van der Waals surface area contributed by atoms with E-state index in [1.54, 1.807) is 4.57 Å². The lowest BCUT2D eigenvalue weighted by atomic mass is 10.0. The molecule has 2 aliphatic rings. The van der Waals surface area contributed by atoms with E-state index < -0.39 is 10.5 Å². The second-order valence-corrected chi connectivity index (χ2v) is 10.0. The first-order valence-electron chi connectivity index (χ1n) is 12.2. The lowest BCUT2D eigenvalue weighted by Gasteiger charge is -2.40. The molecular formula is C26H30ClN5O4. The van der Waals surface area contributed by atoms with Crippen LogP contribution in [-0.4, -0.2) is 52.4 Å². The lowest BCUT2D eigenvalue weighted by molar-refractivity contribution is -0.389. The Labute approximate surface area is 215 Å². The van der Waals surface area contributed by atoms with Crippen molar-refractivity contribution in [2.45, 2.75) is 44.9 Å². The number of nitro groups is 1. The zero-order valence-electron chi connectivity index (χ0n) is 20.5. The molecule has 5 rings (SSSR count). The molecule has 3 heterocycles. The van der Waals surface area contributed by atoms with Crippen LogP contribution in [0, 0.1) is 10.1 Å². The van der Waals surface area contributed by atoms with E-state index in [0.717, 1.165) is 43.2 Å². The highest BCUT2D eigenvalue weighted by atomic mass is 35.5. The quantitative estimate of drug-likeness (QED) is 0.304. The fourth-order valence-electron chi connectivity index (χ4n) is 5.07. The second kappa shape index (κ2) is 9.89. The number of imidazole rings is 1. The van der Waals surface area contributed by atoms with Crippen molar-refractivity contribution < 1.29 is 14.4 Å². The molecule has 2 aromatic carbocycles. The Morgan fingerprint density at radius 1 is 1.19 bits per heavy atom. The SMILES string of the molecule is CCN(c1ccc(Cl)cc1)C1CCN(c2ccc(OC[C@@]3(C)Cn4cc([N+](=O)[O-])nc4O3)cc2)CC1. The Morgan fingerprint density at radius 2 is 1.89 bits per heavy atom. The summed E-state index contributed by atoms with van der Waals surface area (Å²) in [7, 11) is 0. The molecule has 2 aliphatic heterocycles. The van der Waals surface area contributed by atoms with Crippen molar-refractivity contribution in [1.29, 1.82) is 0 Å². The molecule has 0 spiro atoms. The standard InChI is InChI=1S/C26H30ClN5O4/c1-3-31(21-6-4-19(27)5-7-21)22-12-14-29(15-13-22)20-8-10-23(11-9-20)35-18-26(2)17-30-16-24(32(33)34)28-25(30)36-26/h4-11,16,22H,3,12-15,17-18H2,1-2H3/t26-/m1/s1. The van der Waals surface area contributed by atoms with Crippen LogP contribution in [0.5, 0.6) is 11.8 Å². The van der Waals surface area contributed by atoms with E-state index >= 15 is 0 Å². The van der Waals surface area contributed by atoms with Crippen molar-refractivity contribution >= 4 is 28.8 Å². The van der Waals surface area contributed by atoms with Gasteiger partial charge in [-0.1, -0.05) is 11.6 Å². The predicted octanol–water partition coefficient (Wildman–Crippen LogP) is 5.17. The Hall–Kier alpha value is -3.46. The number of piperidine rings is 1. The number of fused-ring (bicyclic) bond motifs is 1. The fraction of sp³-hybridized carbons (Fsp3) is 0.423. The molecule has 0 N–H and O–H groups in total. The third kappa shape index (κ3) is 5.06. The molecule has 1 atom stereocenters. The molecule has 10 heteroatoms. The van der Waals surface area contributed by atoms with Crippen LogP contribution < -0.4 is 19.3 Å². The van der Waals surface area contributed by atoms with Crippen LogP contribution in [0.25, 0.3) is 0 Å². The number of anilines is 2. The van der Waals surface area contributed by atoms with Gasteiger partial charge in [0.05, 0.1) is 6.54 Å². The Morgan fingerprint density at radius 3 is 2.50 bits per heavy atom. The minimum atomic E-state index is -0.632. The van der Waals surface area contributed by atoms with E-state index in [0.29, 0.717) is 19.2 Å². The summed E-state index contributed by atoms with van der Waals surface area (Å²) < 4.78 is 13.5. The van der Waals surface area contributed by atoms with Crippen LogP contribution in [0.4, 0.5) is 17.2 Å². The zero-order chi connectivity index (χ0) is 25.3. The summed E-state index contributed by atoms with van der Waals surface area (Å²) in [6.07, 6.45) is 3.59. The monoisotopic (exact) mass is 511 g/mol. The van der Waals surface area contributed by atoms with Gasteiger partial charge in [0, 0.05) is 47.1 Å². The van der Waals surface area contributed by atoms with Gasteiger partial charge in [-0.05, 0) is 80.1 Å². The van der Waals surface area contributed by atoms with E-state index in [4.69, 9.17) is 21.1 Å². The first kappa shape index (κ1) is 24.2. The normalized spacial score (nSPS) is 19.6. The number of aromatic nitrogens is 2. The average Bonchev–Trinajstić information content (AvgIpc) is 3.41. The van der Waals surface area contributed by atoms with Crippen LogP contribution >= 0.6 is 11.6 Å². The molecule has 1 fully saturated rings. The molecule has 190 valence electrons. The molecule has 0 radical (unpaired) electrons. The first-order valence-corrected chi connectivity index (χ1v) is 12.6. The molecule has 36 heavy (non-hydrogen) atoms. The van der Waals surface area contributed by atoms with E-state index in [2.05, 4.69) is 46.0 Å². The Bertz CT molecular complexity index is 1180. The largest absolute Gasteiger partial charge is 0.489 e. The second-order valence-electron chi connectivity index (χ2n) is 9.58. The maximum Gasteiger partial charge on any atom is 0.415 e. The molecule has 0 saturated carbocycles. The minimum Gasteiger partial charge on any atom is -0.489 e. The number of hydrogen-bond donors (Lipinski definition) is 0. The predicted molar refractivity (Wildman–Crippen MR) is 140 cm³/mol. The van der Waals surface area contributed by atoms with Gasteiger partial charge in [0.15, 0.2) is 5.60 Å². The Balaban J connectivity index is 1.13. The van der Waals surface area contributed by atoms with Crippen LogP contribution in [0.3, 0.4) is 0 Å². The highest BCUT2D eigenvalue weighted by molar-refractivity contribution is 6.30. The molecule has 1 aromatic heterocycles. The summed E-state index contributed by atoms with van der Waals surface area (Å²) in [4.78, 5) is 19.2. The van der Waals surface area contributed by atoms with Gasteiger partial charge < -0.3 is 29.4 Å². The van der Waals surface area contributed by atoms with Crippen molar-refractivity contribution in [3.8, 4) is 11.8 Å². The highest BCUT2D eigenvalue weighted by Gasteiger charge is 2.41. The summed E-state index contributed by atoms with van der Waals surface area (Å²) in [6, 6.07) is 17.0. The van der Waals surface area contributed by atoms with Gasteiger partial charge >= 0.3 is 11.8 Å². The van der Waals surface area contributed by atoms with Crippen LogP contribution in [0.15, 0.2) is 54.7 Å². The molecule has 1 saturated heterocycles. The van der Waals surface area contributed by atoms with Crippen molar-refractivity contribution in [2.75, 3.05) is 36.0 Å². The number of rotatable bonds is 8. The molecule has 0 unspecified atom stereocenters. The fourth-order valence-corrected chi connectivity index (χ4v) is 5.19. The number of halogens is 1. The number of benzene rings is 2. The number of nitrogens with zero attached hydrogens (tertiary/aromatic N) is 5. The minimum absolute atomic E-state index is 0.208. The van der Waals surface area contributed by atoms with Crippen molar-refractivity contribution in [3.63, 3.8) is 0 Å². The molecule has 9 nitrogen and oxygen atoms in total. The lowest BCUT2D eigenvalue weighted by Crippen LogP contribution is -2.45. The Kier molecular flexibility index (Phi) is 6.66. The molecule has 0 amide bonds. The van der Waals surface area contributed by atoms with Crippen LogP contribution in [0.2, 0.25) is 5.02 Å². The highest BCUT2D eigenvalue weighted by Crippen LogP contribution is 2.32. The van der Waals surface area contributed by atoms with Gasteiger partial charge in [0.1, 0.15) is 18.6 Å². The maximum absolute atomic E-state index is 10.9. The van der Waals surface area contributed by atoms with Gasteiger partial charge in [-0.25, -0.2) is 0 Å². The number of hydrogen-bond acceptors (Lipinski definition) is 7. The van der Waals surface area contributed by atoms with Crippen molar-refractivity contribution in [1.82, 2.24) is 9.55 Å². The summed E-state index contributed by atoms with van der Waals surface area (Å²) in [5, 5.41) is 11.7. The summed E-state index contributed by atoms with van der Waals surface area (Å²) in [5.74, 6) is 0.550. The third-order valence-corrected chi connectivity index (χ3v) is 7.16. The summed E-state index contributed by atoms with van der Waals surface area (Å²) in [6.45, 7) is 7.84. The average molecular weight is 512 g/mol. The van der Waals surface area contributed by atoms with Crippen molar-refractivity contribution in [2.24, 2.45) is 0 Å². The smallest absolute Gasteiger partial charge is 0.415 e. The third-order valence-electron chi connectivity index (χ3n) is 6.91. The topological polar surface area (TPSA) is 85.9 Å². The molecule has 0 aliphatic carbocycles. The van der Waals surface area contributed by atoms with E-state index in [-0.39, 0.29) is 11.8 Å². The molecule has 0 bridgehead atoms. The van der Waals surface area contributed by atoms with Crippen molar-refractivity contribution in [3.05, 3.63) is 69.9 Å². The maximum atomic E-state index is 10.9. The summed E-state index contributed by atoms with van der Waals surface area (Å²) >= 11 is 6.07. The van der Waals surface area contributed by atoms with E-state index in [9.17, 15) is 10.1 Å². The van der Waals surface area contributed by atoms with Gasteiger partial charge in [-0.2, -0.15) is 0 Å². The molecule has 3 aromatic rings. The van der Waals surface area contributed by atoms with E-state index in [1.807, 2.05) is 31.2 Å². The summed E-state index contributed by atoms with van der Waals surface area (Å²) in [5.41, 5.74) is 1.78. The zero-order valence-corrected chi connectivity index (χ0v) is 21.2. The van der Waals surface area contributed by atoms with E-state index in [1.165, 1.54) is 17.6 Å². The molecular weight excluding hydrogens is 482 g/mol. The van der Waals surface area contributed by atoms with Crippen LogP contribution in [0.1, 0.15) is 26.7 Å².